The number of nitrogens with zero attached hydrogens (tertiary/aromatic N) is 3. The Bertz CT molecular complexity index is 802. The quantitative estimate of drug-likeness (QED) is 0.830. The molecule has 134 valence electrons. The molecule has 6 heteroatoms. The van der Waals surface area contributed by atoms with Gasteiger partial charge in [-0.25, -0.2) is 4.98 Å². The number of hydrogen-bond acceptors (Lipinski definition) is 4. The summed E-state index contributed by atoms with van der Waals surface area (Å²) in [6.07, 6.45) is 3.97. The standard InChI is InChI=1S/C19H25BrN4O/c1-13(2)21-11-16-8-5-9-24(16)19-22-12-17(18(25)23(19)3)14-6-4-7-15(20)10-14/h4,6-7,10,12-13,16,21H,5,8-9,11H2,1-3H3/t16-/m1/s1. The number of rotatable bonds is 5. The SMILES string of the molecule is CC(C)NC[C@H]1CCCN1c1ncc(-c2cccc(Br)c2)c(=O)n1C. The first-order valence-corrected chi connectivity index (χ1v) is 9.58. The molecule has 3 rings (SSSR count). The first-order valence-electron chi connectivity index (χ1n) is 8.79. The zero-order chi connectivity index (χ0) is 18.0. The van der Waals surface area contributed by atoms with Crippen molar-refractivity contribution in [3.63, 3.8) is 0 Å². The smallest absolute Gasteiger partial charge is 0.262 e. The average molecular weight is 405 g/mol. The number of benzene rings is 1. The summed E-state index contributed by atoms with van der Waals surface area (Å²) in [7, 11) is 1.82. The van der Waals surface area contributed by atoms with Crippen LogP contribution in [0, 0.1) is 0 Å². The Balaban J connectivity index is 1.91. The molecule has 1 aromatic heterocycles. The first kappa shape index (κ1) is 18.1. The minimum Gasteiger partial charge on any atom is -0.338 e. The third-order valence-electron chi connectivity index (χ3n) is 4.68. The Kier molecular flexibility index (Phi) is 5.59. The van der Waals surface area contributed by atoms with Crippen molar-refractivity contribution in [1.82, 2.24) is 14.9 Å². The van der Waals surface area contributed by atoms with Crippen LogP contribution in [-0.4, -0.2) is 34.7 Å². The molecular weight excluding hydrogens is 380 g/mol. The fourth-order valence-corrected chi connectivity index (χ4v) is 3.74. The van der Waals surface area contributed by atoms with Crippen molar-refractivity contribution < 1.29 is 0 Å². The summed E-state index contributed by atoms with van der Waals surface area (Å²) in [4.78, 5) is 19.8. The number of nitrogens with one attached hydrogen (secondary N) is 1. The Labute approximate surface area is 157 Å². The van der Waals surface area contributed by atoms with Crippen LogP contribution in [0.5, 0.6) is 0 Å². The molecule has 2 aromatic rings. The third-order valence-corrected chi connectivity index (χ3v) is 5.17. The molecule has 1 aliphatic heterocycles. The van der Waals surface area contributed by atoms with Crippen molar-refractivity contribution in [2.45, 2.75) is 38.8 Å². The maximum absolute atomic E-state index is 12.9. The second kappa shape index (κ2) is 7.70. The molecule has 0 bridgehead atoms. The van der Waals surface area contributed by atoms with E-state index in [1.54, 1.807) is 10.8 Å². The summed E-state index contributed by atoms with van der Waals surface area (Å²) >= 11 is 3.46. The lowest BCUT2D eigenvalue weighted by Crippen LogP contribution is -2.42. The molecule has 1 N–H and O–H groups in total. The van der Waals surface area contributed by atoms with Crippen LogP contribution in [0.3, 0.4) is 0 Å². The highest BCUT2D eigenvalue weighted by Gasteiger charge is 2.27. The van der Waals surface area contributed by atoms with Crippen LogP contribution in [0.4, 0.5) is 5.95 Å². The fourth-order valence-electron chi connectivity index (χ4n) is 3.34. The van der Waals surface area contributed by atoms with Gasteiger partial charge >= 0.3 is 0 Å². The highest BCUT2D eigenvalue weighted by molar-refractivity contribution is 9.10. The molecule has 0 spiro atoms. The van der Waals surface area contributed by atoms with Crippen LogP contribution < -0.4 is 15.8 Å². The maximum atomic E-state index is 12.9. The van der Waals surface area contributed by atoms with Crippen molar-refractivity contribution in [2.24, 2.45) is 7.05 Å². The predicted molar refractivity (Wildman–Crippen MR) is 106 cm³/mol. The van der Waals surface area contributed by atoms with Gasteiger partial charge in [-0.15, -0.1) is 0 Å². The fraction of sp³-hybridized carbons (Fsp3) is 0.474. The molecule has 1 aromatic carbocycles. The average Bonchev–Trinajstić information content (AvgIpc) is 3.03. The molecule has 0 aliphatic carbocycles. The van der Waals surface area contributed by atoms with Crippen LogP contribution in [0.15, 0.2) is 39.7 Å². The second-order valence-electron chi connectivity index (χ2n) is 6.90. The van der Waals surface area contributed by atoms with Gasteiger partial charge in [-0.05, 0) is 30.5 Å². The maximum Gasteiger partial charge on any atom is 0.262 e. The van der Waals surface area contributed by atoms with Gasteiger partial charge < -0.3 is 10.2 Å². The highest BCUT2D eigenvalue weighted by atomic mass is 79.9. The van der Waals surface area contributed by atoms with E-state index in [1.807, 2.05) is 31.3 Å². The van der Waals surface area contributed by atoms with Crippen molar-refractivity contribution in [2.75, 3.05) is 18.0 Å². The van der Waals surface area contributed by atoms with Gasteiger partial charge in [0.2, 0.25) is 5.95 Å². The monoisotopic (exact) mass is 404 g/mol. The topological polar surface area (TPSA) is 50.2 Å². The van der Waals surface area contributed by atoms with Crippen LogP contribution in [0.1, 0.15) is 26.7 Å². The molecule has 0 saturated carbocycles. The molecule has 1 aliphatic rings. The van der Waals surface area contributed by atoms with Crippen molar-refractivity contribution in [1.29, 1.82) is 0 Å². The molecule has 1 atom stereocenters. The Morgan fingerprint density at radius 3 is 2.92 bits per heavy atom. The largest absolute Gasteiger partial charge is 0.338 e. The molecular formula is C19H25BrN4O. The molecule has 0 unspecified atom stereocenters. The zero-order valence-corrected chi connectivity index (χ0v) is 16.6. The van der Waals surface area contributed by atoms with E-state index in [0.717, 1.165) is 41.9 Å². The molecule has 25 heavy (non-hydrogen) atoms. The molecule has 2 heterocycles. The van der Waals surface area contributed by atoms with Crippen molar-refractivity contribution >= 4 is 21.9 Å². The zero-order valence-electron chi connectivity index (χ0n) is 15.0. The number of hydrogen-bond donors (Lipinski definition) is 1. The lowest BCUT2D eigenvalue weighted by Gasteiger charge is -2.28. The lowest BCUT2D eigenvalue weighted by atomic mass is 10.1. The Morgan fingerprint density at radius 2 is 2.20 bits per heavy atom. The molecule has 1 saturated heterocycles. The van der Waals surface area contributed by atoms with Gasteiger partial charge in [-0.3, -0.25) is 9.36 Å². The van der Waals surface area contributed by atoms with E-state index in [0.29, 0.717) is 17.6 Å². The van der Waals surface area contributed by atoms with E-state index in [4.69, 9.17) is 0 Å². The summed E-state index contributed by atoms with van der Waals surface area (Å²) in [6.45, 7) is 6.17. The highest BCUT2D eigenvalue weighted by Crippen LogP contribution is 2.25. The number of halogens is 1. The van der Waals surface area contributed by atoms with E-state index in [9.17, 15) is 4.79 Å². The Morgan fingerprint density at radius 1 is 1.40 bits per heavy atom. The van der Waals surface area contributed by atoms with Gasteiger partial charge in [0.15, 0.2) is 0 Å². The third kappa shape index (κ3) is 3.96. The van der Waals surface area contributed by atoms with Crippen molar-refractivity contribution in [3.8, 4) is 11.1 Å². The van der Waals surface area contributed by atoms with Gasteiger partial charge in [-0.2, -0.15) is 0 Å². The summed E-state index contributed by atoms with van der Waals surface area (Å²) < 4.78 is 2.64. The Hall–Kier alpha value is -1.66. The molecule has 1 fully saturated rings. The number of anilines is 1. The molecule has 5 nitrogen and oxygen atoms in total. The van der Waals surface area contributed by atoms with Crippen LogP contribution in [-0.2, 0) is 7.05 Å². The van der Waals surface area contributed by atoms with E-state index < -0.39 is 0 Å². The van der Waals surface area contributed by atoms with Gasteiger partial charge in [-0.1, -0.05) is 41.9 Å². The minimum absolute atomic E-state index is 0.00873. The van der Waals surface area contributed by atoms with E-state index in [-0.39, 0.29) is 5.56 Å². The summed E-state index contributed by atoms with van der Waals surface area (Å²) in [5.41, 5.74) is 1.50. The normalized spacial score (nSPS) is 17.5. The first-order chi connectivity index (χ1) is 12.0. The van der Waals surface area contributed by atoms with Crippen LogP contribution in [0.2, 0.25) is 0 Å². The van der Waals surface area contributed by atoms with Crippen LogP contribution in [0.25, 0.3) is 11.1 Å². The lowest BCUT2D eigenvalue weighted by molar-refractivity contribution is 0.517. The van der Waals surface area contributed by atoms with E-state index in [1.165, 1.54) is 0 Å². The summed E-state index contributed by atoms with van der Waals surface area (Å²) in [5, 5.41) is 3.50. The molecule has 0 radical (unpaired) electrons. The summed E-state index contributed by atoms with van der Waals surface area (Å²) in [6, 6.07) is 8.61. The second-order valence-corrected chi connectivity index (χ2v) is 7.81. The number of aromatic nitrogens is 2. The van der Waals surface area contributed by atoms with Gasteiger partial charge in [0.25, 0.3) is 5.56 Å². The van der Waals surface area contributed by atoms with Gasteiger partial charge in [0.1, 0.15) is 0 Å². The minimum atomic E-state index is -0.00873. The van der Waals surface area contributed by atoms with Crippen LogP contribution >= 0.6 is 15.9 Å². The summed E-state index contributed by atoms with van der Waals surface area (Å²) in [5.74, 6) is 0.761. The van der Waals surface area contributed by atoms with E-state index in [2.05, 4.69) is 45.0 Å². The van der Waals surface area contributed by atoms with Gasteiger partial charge in [0.05, 0.1) is 5.56 Å². The van der Waals surface area contributed by atoms with Crippen molar-refractivity contribution in [3.05, 3.63) is 45.3 Å². The molecule has 0 amide bonds. The van der Waals surface area contributed by atoms with E-state index >= 15 is 0 Å². The van der Waals surface area contributed by atoms with Gasteiger partial charge in [0, 0.05) is 42.9 Å². The predicted octanol–water partition coefficient (Wildman–Crippen LogP) is 3.18.